The minimum atomic E-state index is -0.180. The zero-order valence-electron chi connectivity index (χ0n) is 8.80. The Morgan fingerprint density at radius 1 is 1.36 bits per heavy atom. The van der Waals surface area contributed by atoms with Gasteiger partial charge in [0, 0.05) is 15.5 Å². The van der Waals surface area contributed by atoms with Gasteiger partial charge in [0.15, 0.2) is 0 Å². The van der Waals surface area contributed by atoms with Gasteiger partial charge in [0.2, 0.25) is 0 Å². The molecule has 78 valence electrons. The number of thioether (sulfide) groups is 1. The summed E-state index contributed by atoms with van der Waals surface area (Å²) in [6, 6.07) is 6.10. The van der Waals surface area contributed by atoms with Gasteiger partial charge < -0.3 is 5.73 Å². The first-order valence-corrected chi connectivity index (χ1v) is 6.13. The highest BCUT2D eigenvalue weighted by atomic mass is 35.5. The highest BCUT2D eigenvalue weighted by Gasteiger charge is 2.12. The molecule has 0 bridgehead atoms. The van der Waals surface area contributed by atoms with E-state index in [-0.39, 0.29) is 5.54 Å². The van der Waals surface area contributed by atoms with E-state index < -0.39 is 0 Å². The Morgan fingerprint density at radius 3 is 2.50 bits per heavy atom. The zero-order chi connectivity index (χ0) is 10.8. The van der Waals surface area contributed by atoms with Crippen molar-refractivity contribution in [2.24, 2.45) is 5.73 Å². The van der Waals surface area contributed by atoms with E-state index >= 15 is 0 Å². The average molecular weight is 230 g/mol. The molecule has 2 N–H and O–H groups in total. The summed E-state index contributed by atoms with van der Waals surface area (Å²) < 4.78 is 0. The molecular weight excluding hydrogens is 214 g/mol. The lowest BCUT2D eigenvalue weighted by Gasteiger charge is -2.18. The Balaban J connectivity index is 2.92. The molecule has 3 heteroatoms. The number of benzene rings is 1. The monoisotopic (exact) mass is 229 g/mol. The van der Waals surface area contributed by atoms with Crippen molar-refractivity contribution >= 4 is 23.4 Å². The lowest BCUT2D eigenvalue weighted by Crippen LogP contribution is -2.34. The first-order valence-electron chi connectivity index (χ1n) is 4.53. The molecule has 1 aromatic carbocycles. The third-order valence-electron chi connectivity index (χ3n) is 1.83. The molecule has 0 atom stereocenters. The summed E-state index contributed by atoms with van der Waals surface area (Å²) in [4.78, 5) is 1.19. The van der Waals surface area contributed by atoms with Crippen molar-refractivity contribution in [2.75, 3.05) is 6.26 Å². The van der Waals surface area contributed by atoms with Crippen LogP contribution in [0.2, 0.25) is 5.02 Å². The molecule has 0 spiro atoms. The summed E-state index contributed by atoms with van der Waals surface area (Å²) in [7, 11) is 0. The van der Waals surface area contributed by atoms with Crippen LogP contribution < -0.4 is 5.73 Å². The van der Waals surface area contributed by atoms with Crippen LogP contribution >= 0.6 is 23.4 Å². The lowest BCUT2D eigenvalue weighted by atomic mass is 9.96. The smallest absolute Gasteiger partial charge is 0.0419 e. The molecule has 0 aliphatic rings. The number of hydrogen-bond acceptors (Lipinski definition) is 2. The number of nitrogens with two attached hydrogens (primary N) is 1. The number of halogens is 1. The molecule has 0 heterocycles. The van der Waals surface area contributed by atoms with Crippen molar-refractivity contribution in [1.82, 2.24) is 0 Å². The van der Waals surface area contributed by atoms with E-state index in [1.165, 1.54) is 10.5 Å². The standard InChI is InChI=1S/C11H16ClNS/c1-11(2,13)7-8-4-9(12)6-10(5-8)14-3/h4-6H,7,13H2,1-3H3. The van der Waals surface area contributed by atoms with E-state index in [2.05, 4.69) is 6.07 Å². The van der Waals surface area contributed by atoms with Crippen molar-refractivity contribution in [2.45, 2.75) is 30.7 Å². The van der Waals surface area contributed by atoms with Crippen LogP contribution in [0.5, 0.6) is 0 Å². The second-order valence-electron chi connectivity index (χ2n) is 4.16. The predicted molar refractivity (Wildman–Crippen MR) is 65.2 cm³/mol. The topological polar surface area (TPSA) is 26.0 Å². The molecular formula is C11H16ClNS. The van der Waals surface area contributed by atoms with E-state index in [1.54, 1.807) is 11.8 Å². The Bertz CT molecular complexity index is 318. The summed E-state index contributed by atoms with van der Waals surface area (Å²) in [5, 5.41) is 0.788. The molecule has 14 heavy (non-hydrogen) atoms. The van der Waals surface area contributed by atoms with Crippen LogP contribution in [-0.2, 0) is 6.42 Å². The van der Waals surface area contributed by atoms with Crippen LogP contribution in [0.15, 0.2) is 23.1 Å². The normalized spacial score (nSPS) is 11.8. The van der Waals surface area contributed by atoms with E-state index in [4.69, 9.17) is 17.3 Å². The van der Waals surface area contributed by atoms with E-state index in [0.29, 0.717) is 0 Å². The van der Waals surface area contributed by atoms with Gasteiger partial charge >= 0.3 is 0 Å². The highest BCUT2D eigenvalue weighted by Crippen LogP contribution is 2.23. The molecule has 0 amide bonds. The largest absolute Gasteiger partial charge is 0.325 e. The molecule has 1 rings (SSSR count). The number of hydrogen-bond donors (Lipinski definition) is 1. The molecule has 0 aromatic heterocycles. The van der Waals surface area contributed by atoms with Crippen molar-refractivity contribution in [1.29, 1.82) is 0 Å². The zero-order valence-corrected chi connectivity index (χ0v) is 10.4. The SMILES string of the molecule is CSc1cc(Cl)cc(CC(C)(C)N)c1. The van der Waals surface area contributed by atoms with Gasteiger partial charge in [0.25, 0.3) is 0 Å². The molecule has 1 nitrogen and oxygen atoms in total. The maximum Gasteiger partial charge on any atom is 0.0419 e. The van der Waals surface area contributed by atoms with Gasteiger partial charge in [-0.1, -0.05) is 11.6 Å². The van der Waals surface area contributed by atoms with Gasteiger partial charge in [-0.05, 0) is 50.3 Å². The first-order chi connectivity index (χ1) is 6.40. The number of rotatable bonds is 3. The second kappa shape index (κ2) is 4.56. The fourth-order valence-corrected chi connectivity index (χ4v) is 2.20. The quantitative estimate of drug-likeness (QED) is 0.805. The Kier molecular flexibility index (Phi) is 3.87. The van der Waals surface area contributed by atoms with Crippen LogP contribution in [-0.4, -0.2) is 11.8 Å². The van der Waals surface area contributed by atoms with Gasteiger partial charge in [-0.15, -0.1) is 11.8 Å². The van der Waals surface area contributed by atoms with Gasteiger partial charge in [-0.25, -0.2) is 0 Å². The van der Waals surface area contributed by atoms with Crippen LogP contribution in [0.1, 0.15) is 19.4 Å². The average Bonchev–Trinajstić information content (AvgIpc) is 1.99. The molecule has 0 unspecified atom stereocenters. The van der Waals surface area contributed by atoms with Crippen molar-refractivity contribution in [3.8, 4) is 0 Å². The minimum Gasteiger partial charge on any atom is -0.325 e. The van der Waals surface area contributed by atoms with Crippen LogP contribution in [0.3, 0.4) is 0 Å². The summed E-state index contributed by atoms with van der Waals surface area (Å²) in [5.74, 6) is 0. The maximum atomic E-state index is 6.00. The van der Waals surface area contributed by atoms with E-state index in [9.17, 15) is 0 Å². The first kappa shape index (κ1) is 11.9. The molecule has 1 aromatic rings. The van der Waals surface area contributed by atoms with Crippen molar-refractivity contribution < 1.29 is 0 Å². The Morgan fingerprint density at radius 2 is 2.00 bits per heavy atom. The molecule has 0 saturated carbocycles. The van der Waals surface area contributed by atoms with Crippen molar-refractivity contribution in [3.05, 3.63) is 28.8 Å². The highest BCUT2D eigenvalue weighted by molar-refractivity contribution is 7.98. The van der Waals surface area contributed by atoms with E-state index in [1.807, 2.05) is 32.2 Å². The fourth-order valence-electron chi connectivity index (χ4n) is 1.37. The molecule has 0 saturated heterocycles. The Hall–Kier alpha value is -0.180. The molecule has 0 aliphatic heterocycles. The third kappa shape index (κ3) is 3.91. The predicted octanol–water partition coefficient (Wildman–Crippen LogP) is 3.34. The molecule has 0 aliphatic carbocycles. The van der Waals surface area contributed by atoms with E-state index in [0.717, 1.165) is 11.4 Å². The summed E-state index contributed by atoms with van der Waals surface area (Å²) in [5.41, 5.74) is 6.98. The fraction of sp³-hybridized carbons (Fsp3) is 0.455. The summed E-state index contributed by atoms with van der Waals surface area (Å²) in [6.07, 6.45) is 2.89. The maximum absolute atomic E-state index is 6.00. The van der Waals surface area contributed by atoms with Gasteiger partial charge in [-0.3, -0.25) is 0 Å². The van der Waals surface area contributed by atoms with Crippen LogP contribution in [0.4, 0.5) is 0 Å². The second-order valence-corrected chi connectivity index (χ2v) is 5.48. The summed E-state index contributed by atoms with van der Waals surface area (Å²) >= 11 is 7.70. The van der Waals surface area contributed by atoms with Gasteiger partial charge in [0.05, 0.1) is 0 Å². The van der Waals surface area contributed by atoms with Gasteiger partial charge in [0.1, 0.15) is 0 Å². The van der Waals surface area contributed by atoms with Gasteiger partial charge in [-0.2, -0.15) is 0 Å². The van der Waals surface area contributed by atoms with Crippen LogP contribution in [0.25, 0.3) is 0 Å². The summed E-state index contributed by atoms with van der Waals surface area (Å²) in [6.45, 7) is 4.04. The Labute approximate surface area is 95.0 Å². The molecule has 0 fully saturated rings. The minimum absolute atomic E-state index is 0.180. The third-order valence-corrected chi connectivity index (χ3v) is 2.75. The van der Waals surface area contributed by atoms with Crippen LogP contribution in [0, 0.1) is 0 Å². The van der Waals surface area contributed by atoms with Crippen molar-refractivity contribution in [3.63, 3.8) is 0 Å². The molecule has 0 radical (unpaired) electrons. The lowest BCUT2D eigenvalue weighted by molar-refractivity contribution is 0.516.